The number of aliphatic carboxylic acids is 1. The highest BCUT2D eigenvalue weighted by Crippen LogP contribution is 2.71. The van der Waals surface area contributed by atoms with Crippen LogP contribution in [0.1, 0.15) is 98.8 Å². The lowest BCUT2D eigenvalue weighted by Gasteiger charge is -2.66. The van der Waals surface area contributed by atoms with E-state index in [1.54, 1.807) is 0 Å². The predicted molar refractivity (Wildman–Crippen MR) is 128 cm³/mol. The molecule has 4 N–H and O–H groups in total. The molecule has 11 atom stereocenters. The van der Waals surface area contributed by atoms with Gasteiger partial charge in [-0.3, -0.25) is 4.79 Å². The molecule has 0 aromatic carbocycles. The van der Waals surface area contributed by atoms with Crippen molar-refractivity contribution in [1.29, 1.82) is 0 Å². The van der Waals surface area contributed by atoms with E-state index in [0.717, 1.165) is 12.8 Å². The average Bonchev–Trinajstić information content (AvgIpc) is 3.08. The molecule has 33 heavy (non-hydrogen) atoms. The highest BCUT2D eigenvalue weighted by Gasteiger charge is 2.71. The van der Waals surface area contributed by atoms with Crippen LogP contribution in [0.5, 0.6) is 0 Å². The summed E-state index contributed by atoms with van der Waals surface area (Å²) in [6.45, 7) is 11.3. The third kappa shape index (κ3) is 3.71. The van der Waals surface area contributed by atoms with Gasteiger partial charge in [-0.1, -0.05) is 53.9 Å². The number of hydrogen-bond donors (Lipinski definition) is 4. The summed E-state index contributed by atoms with van der Waals surface area (Å²) in [5, 5.41) is 44.0. The fourth-order valence-electron chi connectivity index (χ4n) is 9.67. The molecular formula is C28H48O5. The number of aliphatic hydroxyl groups is 3. The average molecular weight is 465 g/mol. The molecule has 4 saturated carbocycles. The number of aliphatic hydroxyl groups excluding tert-OH is 3. The van der Waals surface area contributed by atoms with Gasteiger partial charge in [0.05, 0.1) is 23.7 Å². The Morgan fingerprint density at radius 2 is 1.67 bits per heavy atom. The molecule has 0 unspecified atom stereocenters. The molecule has 0 saturated heterocycles. The molecule has 4 aliphatic carbocycles. The maximum Gasteiger partial charge on any atom is 0.310 e. The zero-order valence-corrected chi connectivity index (χ0v) is 21.5. The summed E-state index contributed by atoms with van der Waals surface area (Å²) in [7, 11) is 0. The number of carboxylic acids is 1. The van der Waals surface area contributed by atoms with Gasteiger partial charge in [0.2, 0.25) is 0 Å². The third-order valence-corrected chi connectivity index (χ3v) is 11.5. The van der Waals surface area contributed by atoms with Crippen molar-refractivity contribution in [3.05, 3.63) is 0 Å². The first kappa shape index (κ1) is 25.4. The van der Waals surface area contributed by atoms with Crippen LogP contribution in [0.2, 0.25) is 0 Å². The van der Waals surface area contributed by atoms with Crippen LogP contribution in [0.3, 0.4) is 0 Å². The maximum absolute atomic E-state index is 12.7. The summed E-state index contributed by atoms with van der Waals surface area (Å²) in [5.74, 6) is 1.08. The molecule has 0 spiro atoms. The second-order valence-corrected chi connectivity index (χ2v) is 13.4. The summed E-state index contributed by atoms with van der Waals surface area (Å²) in [5.41, 5.74) is -1.83. The monoisotopic (exact) mass is 464 g/mol. The van der Waals surface area contributed by atoms with Crippen LogP contribution in [0.15, 0.2) is 0 Å². The zero-order valence-electron chi connectivity index (χ0n) is 21.5. The van der Waals surface area contributed by atoms with E-state index in [-0.39, 0.29) is 36.0 Å². The van der Waals surface area contributed by atoms with Gasteiger partial charge in [-0.05, 0) is 91.3 Å². The number of carbonyl (C=O) groups is 1. The van der Waals surface area contributed by atoms with Gasteiger partial charge in [0.15, 0.2) is 0 Å². The van der Waals surface area contributed by atoms with E-state index < -0.39 is 35.1 Å². The predicted octanol–water partition coefficient (Wildman–Crippen LogP) is 4.87. The van der Waals surface area contributed by atoms with Crippen molar-refractivity contribution in [1.82, 2.24) is 0 Å². The van der Waals surface area contributed by atoms with Gasteiger partial charge in [-0.15, -0.1) is 0 Å². The fourth-order valence-corrected chi connectivity index (χ4v) is 9.67. The number of rotatable bonds is 6. The lowest BCUT2D eigenvalue weighted by Crippen LogP contribution is -2.67. The minimum absolute atomic E-state index is 0.0204. The van der Waals surface area contributed by atoms with Crippen LogP contribution in [0, 0.1) is 51.8 Å². The molecule has 0 bridgehead atoms. The van der Waals surface area contributed by atoms with Gasteiger partial charge in [0, 0.05) is 0 Å². The van der Waals surface area contributed by atoms with Crippen LogP contribution < -0.4 is 0 Å². The van der Waals surface area contributed by atoms with Gasteiger partial charge in [-0.2, -0.15) is 0 Å². The topological polar surface area (TPSA) is 98.0 Å². The number of carboxylic acid groups (broad SMARTS) is 1. The molecule has 0 aliphatic heterocycles. The Labute approximate surface area is 200 Å². The molecule has 0 aromatic heterocycles. The van der Waals surface area contributed by atoms with Crippen molar-refractivity contribution in [2.75, 3.05) is 0 Å². The summed E-state index contributed by atoms with van der Waals surface area (Å²) < 4.78 is 0. The van der Waals surface area contributed by atoms with E-state index in [1.807, 2.05) is 0 Å². The Kier molecular flexibility index (Phi) is 6.77. The standard InChI is InChI=1S/C28H48O5/c1-16(2)7-6-8-17(3)19-9-10-20-24-21(13-23(31)27(19,20)5)26(4)12-11-18(29)14-28(26,25(32)33)15-22(24)30/h16-24,29-31H,6-15H2,1-5H3,(H,32,33)/t17-,18-,19-,20+,21+,22-,23+,24+,26-,27-,28+/m1/s1. The SMILES string of the molecule is CC(C)CCC[C@@H](C)[C@H]1CC[C@H]2[C@@H]3[C@H](O)C[C@]4(C(=O)O)C[C@H](O)CC[C@]4(C)[C@H]3C[C@H](O)[C@]12C. The molecule has 0 aromatic rings. The molecule has 0 radical (unpaired) electrons. The molecule has 4 aliphatic rings. The molecule has 4 rings (SSSR count). The fraction of sp³-hybridized carbons (Fsp3) is 0.964. The smallest absolute Gasteiger partial charge is 0.310 e. The lowest BCUT2D eigenvalue weighted by molar-refractivity contribution is -0.242. The minimum Gasteiger partial charge on any atom is -0.481 e. The molecule has 4 fully saturated rings. The van der Waals surface area contributed by atoms with Crippen molar-refractivity contribution in [3.63, 3.8) is 0 Å². The Morgan fingerprint density at radius 1 is 0.970 bits per heavy atom. The first-order valence-corrected chi connectivity index (χ1v) is 13.7. The first-order chi connectivity index (χ1) is 15.4. The van der Waals surface area contributed by atoms with E-state index in [1.165, 1.54) is 19.3 Å². The van der Waals surface area contributed by atoms with E-state index in [4.69, 9.17) is 0 Å². The summed E-state index contributed by atoms with van der Waals surface area (Å²) in [6.07, 6.45) is 6.27. The van der Waals surface area contributed by atoms with Crippen LogP contribution >= 0.6 is 0 Å². The van der Waals surface area contributed by atoms with Gasteiger partial charge in [0.25, 0.3) is 0 Å². The number of hydrogen-bond acceptors (Lipinski definition) is 4. The van der Waals surface area contributed by atoms with E-state index >= 15 is 0 Å². The normalized spacial score (nSPS) is 50.4. The van der Waals surface area contributed by atoms with Crippen LogP contribution in [0.4, 0.5) is 0 Å². The van der Waals surface area contributed by atoms with Crippen LogP contribution in [-0.2, 0) is 4.79 Å². The Bertz CT molecular complexity index is 738. The molecule has 5 nitrogen and oxygen atoms in total. The molecular weight excluding hydrogens is 416 g/mol. The summed E-state index contributed by atoms with van der Waals surface area (Å²) in [6, 6.07) is 0. The highest BCUT2D eigenvalue weighted by atomic mass is 16.4. The third-order valence-electron chi connectivity index (χ3n) is 11.5. The summed E-state index contributed by atoms with van der Waals surface area (Å²) >= 11 is 0. The largest absolute Gasteiger partial charge is 0.481 e. The molecule has 5 heteroatoms. The van der Waals surface area contributed by atoms with E-state index in [2.05, 4.69) is 34.6 Å². The molecule has 190 valence electrons. The quantitative estimate of drug-likeness (QED) is 0.450. The van der Waals surface area contributed by atoms with E-state index in [0.29, 0.717) is 37.0 Å². The van der Waals surface area contributed by atoms with Crippen LogP contribution in [0.25, 0.3) is 0 Å². The van der Waals surface area contributed by atoms with E-state index in [9.17, 15) is 25.2 Å². The van der Waals surface area contributed by atoms with Crippen molar-refractivity contribution < 1.29 is 25.2 Å². The van der Waals surface area contributed by atoms with Crippen molar-refractivity contribution in [2.45, 2.75) is 117 Å². The first-order valence-electron chi connectivity index (χ1n) is 13.7. The zero-order chi connectivity index (χ0) is 24.3. The summed E-state index contributed by atoms with van der Waals surface area (Å²) in [4.78, 5) is 12.7. The van der Waals surface area contributed by atoms with Crippen LogP contribution in [-0.4, -0.2) is 44.7 Å². The van der Waals surface area contributed by atoms with Gasteiger partial charge in [-0.25, -0.2) is 0 Å². The second kappa shape index (κ2) is 8.78. The van der Waals surface area contributed by atoms with Gasteiger partial charge >= 0.3 is 5.97 Å². The second-order valence-electron chi connectivity index (χ2n) is 13.4. The van der Waals surface area contributed by atoms with Crippen molar-refractivity contribution in [3.8, 4) is 0 Å². The lowest BCUT2D eigenvalue weighted by atomic mass is 9.38. The Balaban J connectivity index is 1.63. The highest BCUT2D eigenvalue weighted by molar-refractivity contribution is 5.76. The molecule has 0 amide bonds. The van der Waals surface area contributed by atoms with Crippen molar-refractivity contribution in [2.24, 2.45) is 51.8 Å². The maximum atomic E-state index is 12.7. The Hall–Kier alpha value is -0.650. The van der Waals surface area contributed by atoms with Crippen molar-refractivity contribution >= 4 is 5.97 Å². The molecule has 0 heterocycles. The number of fused-ring (bicyclic) bond motifs is 5. The van der Waals surface area contributed by atoms with Gasteiger partial charge < -0.3 is 20.4 Å². The Morgan fingerprint density at radius 3 is 2.30 bits per heavy atom. The van der Waals surface area contributed by atoms with Gasteiger partial charge in [0.1, 0.15) is 0 Å². The minimum atomic E-state index is -1.11.